The van der Waals surface area contributed by atoms with Crippen molar-refractivity contribution in [1.29, 1.82) is 0 Å². The first kappa shape index (κ1) is 12.8. The first-order valence-corrected chi connectivity index (χ1v) is 7.18. The van der Waals surface area contributed by atoms with Crippen LogP contribution >= 0.6 is 11.8 Å². The first-order valence-electron chi connectivity index (χ1n) is 6.30. The lowest BCUT2D eigenvalue weighted by Crippen LogP contribution is -2.44. The minimum absolute atomic E-state index is 0.591. The van der Waals surface area contributed by atoms with Crippen LogP contribution in [0.4, 0.5) is 0 Å². The summed E-state index contributed by atoms with van der Waals surface area (Å²) in [4.78, 5) is 8.29. The van der Waals surface area contributed by atoms with Crippen molar-refractivity contribution in [1.82, 2.24) is 15.3 Å². The van der Waals surface area contributed by atoms with Crippen molar-refractivity contribution in [3.63, 3.8) is 0 Å². The van der Waals surface area contributed by atoms with Crippen LogP contribution in [0.1, 0.15) is 26.7 Å². The van der Waals surface area contributed by atoms with Crippen LogP contribution in [0.2, 0.25) is 0 Å². The Morgan fingerprint density at radius 1 is 1.35 bits per heavy atom. The largest absolute Gasteiger partial charge is 0.316 e. The average molecular weight is 251 g/mol. The van der Waals surface area contributed by atoms with Gasteiger partial charge in [-0.15, -0.1) is 11.8 Å². The number of nitrogens with one attached hydrogen (secondary N) is 1. The van der Waals surface area contributed by atoms with E-state index in [2.05, 4.69) is 36.2 Å². The van der Waals surface area contributed by atoms with Gasteiger partial charge in [-0.1, -0.05) is 13.8 Å². The van der Waals surface area contributed by atoms with Crippen LogP contribution in [0.15, 0.2) is 23.6 Å². The Bertz CT molecular complexity index is 344. The molecule has 3 nitrogen and oxygen atoms in total. The fourth-order valence-corrected chi connectivity index (χ4v) is 4.08. The predicted octanol–water partition coefficient (Wildman–Crippen LogP) is 2.59. The zero-order valence-electron chi connectivity index (χ0n) is 10.8. The molecule has 0 saturated heterocycles. The van der Waals surface area contributed by atoms with Crippen LogP contribution in [-0.4, -0.2) is 28.3 Å². The van der Waals surface area contributed by atoms with Gasteiger partial charge in [0.05, 0.1) is 5.03 Å². The second-order valence-corrected chi connectivity index (χ2v) is 6.28. The van der Waals surface area contributed by atoms with Crippen LogP contribution in [0.3, 0.4) is 0 Å². The summed E-state index contributed by atoms with van der Waals surface area (Å²) in [5.74, 6) is 1.56. The predicted molar refractivity (Wildman–Crippen MR) is 72.1 cm³/mol. The zero-order valence-corrected chi connectivity index (χ0v) is 11.6. The molecule has 1 N–H and O–H groups in total. The molecule has 1 aromatic rings. The van der Waals surface area contributed by atoms with E-state index in [1.807, 2.05) is 24.0 Å². The molecule has 4 unspecified atom stereocenters. The minimum atomic E-state index is 0.591. The lowest BCUT2D eigenvalue weighted by molar-refractivity contribution is 0.257. The molecule has 1 aliphatic rings. The third-order valence-electron chi connectivity index (χ3n) is 3.57. The standard InChI is InChI=1S/C13H21N3S/c1-9-6-10(2)13(11(7-9)14-3)17-12-4-5-15-8-16-12/h4-5,8-11,13-14H,6-7H2,1-3H3. The fraction of sp³-hybridized carbons (Fsp3) is 0.692. The van der Waals surface area contributed by atoms with E-state index >= 15 is 0 Å². The second-order valence-electron chi connectivity index (χ2n) is 5.08. The molecule has 0 aliphatic heterocycles. The molecule has 1 aliphatic carbocycles. The van der Waals surface area contributed by atoms with Crippen LogP contribution in [0.25, 0.3) is 0 Å². The molecule has 94 valence electrons. The number of aromatic nitrogens is 2. The van der Waals surface area contributed by atoms with E-state index in [4.69, 9.17) is 0 Å². The van der Waals surface area contributed by atoms with E-state index in [1.54, 1.807) is 6.33 Å². The van der Waals surface area contributed by atoms with E-state index in [9.17, 15) is 0 Å². The Morgan fingerprint density at radius 3 is 2.82 bits per heavy atom. The van der Waals surface area contributed by atoms with E-state index in [-0.39, 0.29) is 0 Å². The van der Waals surface area contributed by atoms with Gasteiger partial charge in [0, 0.05) is 17.5 Å². The van der Waals surface area contributed by atoms with Crippen molar-refractivity contribution >= 4 is 11.8 Å². The molecular formula is C13H21N3S. The average Bonchev–Trinajstić information content (AvgIpc) is 2.33. The van der Waals surface area contributed by atoms with Gasteiger partial charge in [-0.05, 0) is 37.8 Å². The molecule has 0 spiro atoms. The monoisotopic (exact) mass is 251 g/mol. The fourth-order valence-electron chi connectivity index (χ4n) is 2.80. The highest BCUT2D eigenvalue weighted by Crippen LogP contribution is 2.38. The molecule has 0 aromatic carbocycles. The van der Waals surface area contributed by atoms with Crippen LogP contribution in [0, 0.1) is 11.8 Å². The van der Waals surface area contributed by atoms with Crippen molar-refractivity contribution in [3.8, 4) is 0 Å². The van der Waals surface area contributed by atoms with E-state index in [1.165, 1.54) is 12.8 Å². The Labute approximate surface area is 108 Å². The molecule has 1 fully saturated rings. The SMILES string of the molecule is CNC1CC(C)CC(C)C1Sc1ccncn1. The van der Waals surface area contributed by atoms with Crippen molar-refractivity contribution in [2.75, 3.05) is 7.05 Å². The Balaban J connectivity index is 2.07. The Morgan fingerprint density at radius 2 is 2.18 bits per heavy atom. The third kappa shape index (κ3) is 3.19. The van der Waals surface area contributed by atoms with Crippen molar-refractivity contribution in [2.45, 2.75) is 43.0 Å². The van der Waals surface area contributed by atoms with Gasteiger partial charge in [-0.2, -0.15) is 0 Å². The van der Waals surface area contributed by atoms with Gasteiger partial charge in [-0.3, -0.25) is 0 Å². The van der Waals surface area contributed by atoms with E-state index in [0.717, 1.165) is 16.9 Å². The summed E-state index contributed by atoms with van der Waals surface area (Å²) in [6.07, 6.45) is 6.04. The number of hydrogen-bond acceptors (Lipinski definition) is 4. The molecule has 1 heterocycles. The quantitative estimate of drug-likeness (QED) is 0.838. The Kier molecular flexibility index (Phi) is 4.40. The van der Waals surface area contributed by atoms with Gasteiger partial charge < -0.3 is 5.32 Å². The smallest absolute Gasteiger partial charge is 0.116 e. The van der Waals surface area contributed by atoms with Gasteiger partial charge in [0.15, 0.2) is 0 Å². The molecular weight excluding hydrogens is 230 g/mol. The highest BCUT2D eigenvalue weighted by molar-refractivity contribution is 7.99. The maximum Gasteiger partial charge on any atom is 0.116 e. The van der Waals surface area contributed by atoms with Gasteiger partial charge in [0.25, 0.3) is 0 Å². The van der Waals surface area contributed by atoms with Crippen molar-refractivity contribution < 1.29 is 0 Å². The van der Waals surface area contributed by atoms with Crippen LogP contribution in [0.5, 0.6) is 0 Å². The summed E-state index contributed by atoms with van der Waals surface area (Å²) in [7, 11) is 2.07. The molecule has 1 aromatic heterocycles. The van der Waals surface area contributed by atoms with Crippen molar-refractivity contribution in [3.05, 3.63) is 18.6 Å². The molecule has 0 radical (unpaired) electrons. The number of hydrogen-bond donors (Lipinski definition) is 1. The summed E-state index contributed by atoms with van der Waals surface area (Å²) in [6.45, 7) is 4.71. The summed E-state index contributed by atoms with van der Waals surface area (Å²) in [5.41, 5.74) is 0. The lowest BCUT2D eigenvalue weighted by Gasteiger charge is -2.38. The van der Waals surface area contributed by atoms with Gasteiger partial charge >= 0.3 is 0 Å². The summed E-state index contributed by atoms with van der Waals surface area (Å²) < 4.78 is 0. The van der Waals surface area contributed by atoms with E-state index in [0.29, 0.717) is 11.3 Å². The van der Waals surface area contributed by atoms with Crippen LogP contribution < -0.4 is 5.32 Å². The molecule has 4 heteroatoms. The zero-order chi connectivity index (χ0) is 12.3. The lowest BCUT2D eigenvalue weighted by atomic mass is 9.80. The molecule has 17 heavy (non-hydrogen) atoms. The second kappa shape index (κ2) is 5.83. The summed E-state index contributed by atoms with van der Waals surface area (Å²) in [6, 6.07) is 2.59. The van der Waals surface area contributed by atoms with Crippen LogP contribution in [-0.2, 0) is 0 Å². The third-order valence-corrected chi connectivity index (χ3v) is 5.12. The topological polar surface area (TPSA) is 37.8 Å². The van der Waals surface area contributed by atoms with E-state index < -0.39 is 0 Å². The summed E-state index contributed by atoms with van der Waals surface area (Å²) >= 11 is 1.89. The van der Waals surface area contributed by atoms with Gasteiger partial charge in [0.2, 0.25) is 0 Å². The van der Waals surface area contributed by atoms with Gasteiger partial charge in [0.1, 0.15) is 6.33 Å². The summed E-state index contributed by atoms with van der Waals surface area (Å²) in [5, 5.41) is 5.18. The molecule has 0 bridgehead atoms. The Hall–Kier alpha value is -0.610. The number of nitrogens with zero attached hydrogens (tertiary/aromatic N) is 2. The first-order chi connectivity index (χ1) is 8.20. The highest BCUT2D eigenvalue weighted by atomic mass is 32.2. The molecule has 4 atom stereocenters. The maximum absolute atomic E-state index is 4.32. The minimum Gasteiger partial charge on any atom is -0.316 e. The number of rotatable bonds is 3. The molecule has 0 amide bonds. The molecule has 1 saturated carbocycles. The number of thioether (sulfide) groups is 1. The van der Waals surface area contributed by atoms with Gasteiger partial charge in [-0.25, -0.2) is 9.97 Å². The normalized spacial score (nSPS) is 33.6. The highest BCUT2D eigenvalue weighted by Gasteiger charge is 2.33. The molecule has 2 rings (SSSR count). The maximum atomic E-state index is 4.32. The van der Waals surface area contributed by atoms with Crippen molar-refractivity contribution in [2.24, 2.45) is 11.8 Å².